The molecule has 2 N–H and O–H groups in total. The van der Waals surface area contributed by atoms with E-state index < -0.39 is 5.91 Å². The molecule has 1 saturated carbocycles. The van der Waals surface area contributed by atoms with Crippen LogP contribution >= 0.6 is 0 Å². The first-order valence-electron chi connectivity index (χ1n) is 11.5. The normalized spacial score (nSPS) is 18.1. The lowest BCUT2D eigenvalue weighted by atomic mass is 9.89. The maximum atomic E-state index is 13.3. The van der Waals surface area contributed by atoms with Crippen molar-refractivity contribution in [1.82, 2.24) is 14.4 Å². The van der Waals surface area contributed by atoms with Crippen molar-refractivity contribution < 1.29 is 18.8 Å². The number of Topliss-reactive ketones (excluding diaryl/α,β-unsaturated/α-hetero) is 1. The van der Waals surface area contributed by atoms with Crippen molar-refractivity contribution in [3.05, 3.63) is 47.2 Å². The molecule has 0 bridgehead atoms. The molecular weight excluding hydrogens is 408 g/mol. The fourth-order valence-electron chi connectivity index (χ4n) is 4.94. The second kappa shape index (κ2) is 9.73. The van der Waals surface area contributed by atoms with Crippen LogP contribution in [0.1, 0.15) is 69.2 Å². The third-order valence-electron chi connectivity index (χ3n) is 6.84. The number of primary amides is 1. The lowest BCUT2D eigenvalue weighted by Gasteiger charge is -2.34. The quantitative estimate of drug-likeness (QED) is 0.667. The lowest BCUT2D eigenvalue weighted by Crippen LogP contribution is -2.50. The number of rotatable bonds is 7. The first-order valence-corrected chi connectivity index (χ1v) is 11.5. The van der Waals surface area contributed by atoms with Gasteiger partial charge in [0.2, 0.25) is 0 Å². The number of amides is 2. The summed E-state index contributed by atoms with van der Waals surface area (Å²) in [6, 6.07) is 5.03. The Kier molecular flexibility index (Phi) is 6.79. The van der Waals surface area contributed by atoms with Gasteiger partial charge in [-0.2, -0.15) is 0 Å². The predicted octanol–water partition coefficient (Wildman–Crippen LogP) is 2.71. The van der Waals surface area contributed by atoms with Crippen LogP contribution in [-0.2, 0) is 6.54 Å². The van der Waals surface area contributed by atoms with Crippen LogP contribution in [0.2, 0.25) is 0 Å². The lowest BCUT2D eigenvalue weighted by molar-refractivity contribution is 0.0594. The average Bonchev–Trinajstić information content (AvgIpc) is 3.44. The van der Waals surface area contributed by atoms with Gasteiger partial charge in [-0.15, -0.1) is 0 Å². The number of piperazine rings is 1. The molecule has 2 aliphatic rings. The van der Waals surface area contributed by atoms with E-state index in [2.05, 4.69) is 4.90 Å². The number of ketones is 1. The Morgan fingerprint density at radius 1 is 1.09 bits per heavy atom. The van der Waals surface area contributed by atoms with E-state index in [0.29, 0.717) is 49.1 Å². The number of hydrogen-bond acceptors (Lipinski definition) is 5. The molecule has 0 radical (unpaired) electrons. The van der Waals surface area contributed by atoms with Crippen LogP contribution in [0.15, 0.2) is 28.9 Å². The summed E-state index contributed by atoms with van der Waals surface area (Å²) in [6.07, 6.45) is 7.52. The van der Waals surface area contributed by atoms with Gasteiger partial charge in [0.05, 0.1) is 24.1 Å². The van der Waals surface area contributed by atoms with Crippen LogP contribution in [0.4, 0.5) is 0 Å². The summed E-state index contributed by atoms with van der Waals surface area (Å²) >= 11 is 0. The molecule has 4 rings (SSSR count). The molecule has 0 aromatic carbocycles. The van der Waals surface area contributed by atoms with Crippen LogP contribution in [0.5, 0.6) is 0 Å². The molecular formula is C24H32N4O4. The highest BCUT2D eigenvalue weighted by molar-refractivity contribution is 6.01. The third kappa shape index (κ3) is 4.80. The van der Waals surface area contributed by atoms with Gasteiger partial charge in [-0.1, -0.05) is 19.3 Å². The van der Waals surface area contributed by atoms with Gasteiger partial charge in [-0.05, 0) is 43.9 Å². The predicted molar refractivity (Wildman–Crippen MR) is 120 cm³/mol. The number of hydrogen-bond donors (Lipinski definition) is 1. The smallest absolute Gasteiger partial charge is 0.289 e. The van der Waals surface area contributed by atoms with E-state index in [1.54, 1.807) is 23.1 Å². The summed E-state index contributed by atoms with van der Waals surface area (Å²) in [4.78, 5) is 41.4. The van der Waals surface area contributed by atoms with E-state index in [9.17, 15) is 14.4 Å². The highest BCUT2D eigenvalue weighted by atomic mass is 16.3. The fourth-order valence-corrected chi connectivity index (χ4v) is 4.94. The van der Waals surface area contributed by atoms with Crippen LogP contribution < -0.4 is 5.73 Å². The number of nitrogens with two attached hydrogens (primary N) is 1. The third-order valence-corrected chi connectivity index (χ3v) is 6.84. The van der Waals surface area contributed by atoms with Gasteiger partial charge >= 0.3 is 0 Å². The average molecular weight is 441 g/mol. The maximum absolute atomic E-state index is 13.3. The number of carbonyl (C=O) groups is 3. The summed E-state index contributed by atoms with van der Waals surface area (Å²) in [7, 11) is 0. The molecule has 0 atom stereocenters. The molecule has 0 unspecified atom stereocenters. The Labute approximate surface area is 188 Å². The van der Waals surface area contributed by atoms with E-state index in [1.165, 1.54) is 25.5 Å². The van der Waals surface area contributed by atoms with E-state index >= 15 is 0 Å². The molecule has 1 aliphatic heterocycles. The van der Waals surface area contributed by atoms with Crippen LogP contribution in [0, 0.1) is 12.8 Å². The topological polar surface area (TPSA) is 102 Å². The maximum Gasteiger partial charge on any atom is 0.289 e. The van der Waals surface area contributed by atoms with Crippen LogP contribution in [0.25, 0.3) is 0 Å². The minimum absolute atomic E-state index is 0.0118. The molecule has 2 aromatic heterocycles. The van der Waals surface area contributed by atoms with Crippen LogP contribution in [0.3, 0.4) is 0 Å². The van der Waals surface area contributed by atoms with Crippen molar-refractivity contribution in [2.24, 2.45) is 11.7 Å². The van der Waals surface area contributed by atoms with Gasteiger partial charge in [0.25, 0.3) is 11.8 Å². The molecule has 172 valence electrons. The molecule has 0 spiro atoms. The van der Waals surface area contributed by atoms with Crippen molar-refractivity contribution >= 4 is 17.6 Å². The zero-order chi connectivity index (χ0) is 22.7. The van der Waals surface area contributed by atoms with Gasteiger partial charge in [0.15, 0.2) is 11.5 Å². The van der Waals surface area contributed by atoms with Gasteiger partial charge in [0.1, 0.15) is 0 Å². The second-order valence-electron chi connectivity index (χ2n) is 8.98. The monoisotopic (exact) mass is 440 g/mol. The zero-order valence-electron chi connectivity index (χ0n) is 18.7. The Bertz CT molecular complexity index is 965. The van der Waals surface area contributed by atoms with Crippen molar-refractivity contribution in [3.8, 4) is 0 Å². The summed E-state index contributed by atoms with van der Waals surface area (Å²) in [5, 5.41) is 0. The first-order chi connectivity index (χ1) is 15.4. The molecule has 8 nitrogen and oxygen atoms in total. The van der Waals surface area contributed by atoms with E-state index in [4.69, 9.17) is 10.2 Å². The largest absolute Gasteiger partial charge is 0.459 e. The molecule has 2 amide bonds. The minimum Gasteiger partial charge on any atom is -0.459 e. The highest BCUT2D eigenvalue weighted by Gasteiger charge is 2.27. The highest BCUT2D eigenvalue weighted by Crippen LogP contribution is 2.27. The Morgan fingerprint density at radius 3 is 2.44 bits per heavy atom. The van der Waals surface area contributed by atoms with Crippen LogP contribution in [-0.4, -0.2) is 64.7 Å². The molecule has 2 fully saturated rings. The molecule has 1 saturated heterocycles. The molecule has 2 aromatic rings. The van der Waals surface area contributed by atoms with Gasteiger partial charge < -0.3 is 19.6 Å². The SMILES string of the molecule is Cc1c(C(N)=O)cc(C(=O)CN2CCN(C(=O)c3ccco3)CC2)n1CC1CCCCC1. The Morgan fingerprint density at radius 2 is 1.81 bits per heavy atom. The molecule has 3 heterocycles. The molecule has 8 heteroatoms. The van der Waals surface area contributed by atoms with E-state index in [-0.39, 0.29) is 18.2 Å². The van der Waals surface area contributed by atoms with Crippen molar-refractivity contribution in [1.29, 1.82) is 0 Å². The number of furan rings is 1. The summed E-state index contributed by atoms with van der Waals surface area (Å²) < 4.78 is 7.22. The number of aromatic nitrogens is 1. The number of nitrogens with zero attached hydrogens (tertiary/aromatic N) is 3. The van der Waals surface area contributed by atoms with Gasteiger partial charge in [-0.3, -0.25) is 19.3 Å². The molecule has 32 heavy (non-hydrogen) atoms. The number of carbonyl (C=O) groups excluding carboxylic acids is 3. The molecule has 1 aliphatic carbocycles. The standard InChI is InChI=1S/C24H32N4O4/c1-17-19(23(25)30)14-20(28(17)15-18-6-3-2-4-7-18)21(29)16-26-9-11-27(12-10-26)24(31)22-8-5-13-32-22/h5,8,13-14,18H,2-4,6-7,9-12,15-16H2,1H3,(H2,25,30). The van der Waals surface area contributed by atoms with Crippen molar-refractivity contribution in [2.45, 2.75) is 45.6 Å². The van der Waals surface area contributed by atoms with Crippen molar-refractivity contribution in [3.63, 3.8) is 0 Å². The fraction of sp³-hybridized carbons (Fsp3) is 0.542. The zero-order valence-corrected chi connectivity index (χ0v) is 18.7. The van der Waals surface area contributed by atoms with E-state index in [0.717, 1.165) is 25.1 Å². The van der Waals surface area contributed by atoms with Gasteiger partial charge in [0, 0.05) is 38.4 Å². The van der Waals surface area contributed by atoms with E-state index in [1.807, 2.05) is 11.5 Å². The van der Waals surface area contributed by atoms with Crippen molar-refractivity contribution in [2.75, 3.05) is 32.7 Å². The first kappa shape index (κ1) is 22.3. The summed E-state index contributed by atoms with van der Waals surface area (Å²) in [5.41, 5.74) is 7.35. The Balaban J connectivity index is 1.42. The Hall–Kier alpha value is -2.87. The summed E-state index contributed by atoms with van der Waals surface area (Å²) in [6.45, 7) is 5.20. The second-order valence-corrected chi connectivity index (χ2v) is 8.98. The minimum atomic E-state index is -0.496. The van der Waals surface area contributed by atoms with Gasteiger partial charge in [-0.25, -0.2) is 0 Å². The summed E-state index contributed by atoms with van der Waals surface area (Å²) in [5.74, 6) is 0.234.